The Bertz CT molecular complexity index is 1520. The summed E-state index contributed by atoms with van der Waals surface area (Å²) < 4.78 is 37.3. The van der Waals surface area contributed by atoms with E-state index in [-0.39, 0.29) is 6.54 Å². The molecule has 0 fully saturated rings. The van der Waals surface area contributed by atoms with E-state index in [0.29, 0.717) is 29.4 Å². The van der Waals surface area contributed by atoms with Crippen molar-refractivity contribution in [3.8, 4) is 11.5 Å². The van der Waals surface area contributed by atoms with Gasteiger partial charge >= 0.3 is 0 Å². The van der Waals surface area contributed by atoms with Gasteiger partial charge in [-0.1, -0.05) is 60.7 Å². The molecule has 4 aromatic rings. The molecule has 0 aromatic heterocycles. The topological polar surface area (TPSA) is 97.3 Å². The fraction of sp³-hybridized carbons (Fsp3) is 0.133. The lowest BCUT2D eigenvalue weighted by atomic mass is 10.1. The Morgan fingerprint density at radius 1 is 0.872 bits per heavy atom. The fourth-order valence-electron chi connectivity index (χ4n) is 3.77. The fourth-order valence-corrected chi connectivity index (χ4v) is 4.66. The first-order valence-corrected chi connectivity index (χ1v) is 14.0. The smallest absolute Gasteiger partial charge is 0.271 e. The average molecular weight is 544 g/mol. The van der Waals surface area contributed by atoms with Crippen LogP contribution in [0.4, 0.5) is 5.69 Å². The number of para-hydroxylation sites is 1. The minimum absolute atomic E-state index is 0.149. The third-order valence-corrected chi connectivity index (χ3v) is 6.93. The zero-order valence-electron chi connectivity index (χ0n) is 21.7. The third kappa shape index (κ3) is 7.68. The van der Waals surface area contributed by atoms with Crippen molar-refractivity contribution in [1.82, 2.24) is 5.43 Å². The number of methoxy groups -OCH3 is 1. The highest BCUT2D eigenvalue weighted by Crippen LogP contribution is 2.28. The van der Waals surface area contributed by atoms with Crippen LogP contribution in [0.5, 0.6) is 11.5 Å². The minimum Gasteiger partial charge on any atom is -0.493 e. The predicted molar refractivity (Wildman–Crippen MR) is 153 cm³/mol. The number of carbonyl (C=O) groups excluding carboxylic acids is 1. The first kappa shape index (κ1) is 27.4. The summed E-state index contributed by atoms with van der Waals surface area (Å²) in [6.07, 6.45) is 2.68. The predicted octanol–water partition coefficient (Wildman–Crippen LogP) is 5.00. The van der Waals surface area contributed by atoms with Crippen molar-refractivity contribution in [2.75, 3.05) is 17.7 Å². The molecule has 39 heavy (non-hydrogen) atoms. The Hall–Kier alpha value is -4.63. The molecule has 200 valence electrons. The normalized spacial score (nSPS) is 11.2. The van der Waals surface area contributed by atoms with Gasteiger partial charge < -0.3 is 9.47 Å². The Labute approximate surface area is 228 Å². The van der Waals surface area contributed by atoms with Gasteiger partial charge in [-0.15, -0.1) is 0 Å². The molecular weight excluding hydrogens is 514 g/mol. The number of hydrazone groups is 1. The van der Waals surface area contributed by atoms with E-state index >= 15 is 0 Å². The SMILES string of the molecule is COc1cc(/C=N\NC(=O)c2ccc(CN(c3ccccc3)S(C)(=O)=O)cc2)ccc1OCc1ccccc1. The molecule has 0 bridgehead atoms. The lowest BCUT2D eigenvalue weighted by molar-refractivity contribution is 0.0955. The van der Waals surface area contributed by atoms with Crippen molar-refractivity contribution < 1.29 is 22.7 Å². The molecule has 0 aliphatic rings. The molecule has 0 atom stereocenters. The number of rotatable bonds is 11. The maximum Gasteiger partial charge on any atom is 0.271 e. The lowest BCUT2D eigenvalue weighted by Crippen LogP contribution is -2.29. The summed E-state index contributed by atoms with van der Waals surface area (Å²) in [5.41, 5.74) is 5.98. The van der Waals surface area contributed by atoms with Crippen LogP contribution < -0.4 is 19.2 Å². The maximum atomic E-state index is 12.6. The van der Waals surface area contributed by atoms with Crippen molar-refractivity contribution in [1.29, 1.82) is 0 Å². The van der Waals surface area contributed by atoms with E-state index in [0.717, 1.165) is 16.7 Å². The highest BCUT2D eigenvalue weighted by Gasteiger charge is 2.18. The van der Waals surface area contributed by atoms with Gasteiger partial charge in [0.05, 0.1) is 31.8 Å². The second kappa shape index (κ2) is 12.7. The monoisotopic (exact) mass is 543 g/mol. The van der Waals surface area contributed by atoms with E-state index < -0.39 is 15.9 Å². The molecule has 4 aromatic carbocycles. The van der Waals surface area contributed by atoms with Crippen molar-refractivity contribution >= 4 is 27.8 Å². The zero-order chi connectivity index (χ0) is 27.7. The van der Waals surface area contributed by atoms with Gasteiger partial charge in [-0.2, -0.15) is 5.10 Å². The second-order valence-corrected chi connectivity index (χ2v) is 10.6. The molecule has 9 heteroatoms. The van der Waals surface area contributed by atoms with Gasteiger partial charge in [0.1, 0.15) is 6.61 Å². The van der Waals surface area contributed by atoms with Gasteiger partial charge in [0.2, 0.25) is 10.0 Å². The van der Waals surface area contributed by atoms with E-state index in [4.69, 9.17) is 9.47 Å². The summed E-state index contributed by atoms with van der Waals surface area (Å²) in [5.74, 6) is 0.760. The van der Waals surface area contributed by atoms with Crippen molar-refractivity contribution in [2.45, 2.75) is 13.2 Å². The first-order valence-electron chi connectivity index (χ1n) is 12.1. The van der Waals surface area contributed by atoms with E-state index in [1.165, 1.54) is 16.8 Å². The quantitative estimate of drug-likeness (QED) is 0.212. The molecule has 0 radical (unpaired) electrons. The molecular formula is C30H29N3O5S. The second-order valence-electron chi connectivity index (χ2n) is 8.69. The minimum atomic E-state index is -3.49. The number of nitrogens with one attached hydrogen (secondary N) is 1. The number of anilines is 1. The van der Waals surface area contributed by atoms with Gasteiger partial charge in [0.25, 0.3) is 5.91 Å². The zero-order valence-corrected chi connectivity index (χ0v) is 22.5. The maximum absolute atomic E-state index is 12.6. The number of sulfonamides is 1. The number of amides is 1. The molecule has 0 saturated heterocycles. The molecule has 0 aliphatic carbocycles. The summed E-state index contributed by atoms with van der Waals surface area (Å²) in [7, 11) is -1.93. The van der Waals surface area contributed by atoms with Crippen LogP contribution in [0.15, 0.2) is 108 Å². The molecule has 8 nitrogen and oxygen atoms in total. The van der Waals surface area contributed by atoms with Gasteiger partial charge in [-0.3, -0.25) is 9.10 Å². The Balaban J connectivity index is 1.35. The number of carbonyl (C=O) groups is 1. The first-order chi connectivity index (χ1) is 18.8. The molecule has 0 aliphatic heterocycles. The molecule has 1 amide bonds. The van der Waals surface area contributed by atoms with Crippen LogP contribution in [0.3, 0.4) is 0 Å². The summed E-state index contributed by atoms with van der Waals surface area (Å²) in [5, 5.41) is 4.05. The van der Waals surface area contributed by atoms with Gasteiger partial charge in [0.15, 0.2) is 11.5 Å². The molecule has 0 saturated carbocycles. The van der Waals surface area contributed by atoms with Crippen LogP contribution in [-0.2, 0) is 23.2 Å². The highest BCUT2D eigenvalue weighted by atomic mass is 32.2. The van der Waals surface area contributed by atoms with Crippen LogP contribution in [-0.4, -0.2) is 33.9 Å². The third-order valence-electron chi connectivity index (χ3n) is 5.79. The summed E-state index contributed by atoms with van der Waals surface area (Å²) in [6.45, 7) is 0.563. The van der Waals surface area contributed by atoms with E-state index in [1.54, 1.807) is 67.8 Å². The standard InChI is InChI=1S/C30H29N3O5S/c1-37-29-19-25(15-18-28(29)38-22-24-9-5-3-6-10-24)20-31-32-30(34)26-16-13-23(14-17-26)21-33(39(2,35)36)27-11-7-4-8-12-27/h3-20H,21-22H2,1-2H3,(H,32,34)/b31-20-. The van der Waals surface area contributed by atoms with Gasteiger partial charge in [-0.05, 0) is 59.2 Å². The van der Waals surface area contributed by atoms with Crippen LogP contribution in [0.2, 0.25) is 0 Å². The summed E-state index contributed by atoms with van der Waals surface area (Å²) in [4.78, 5) is 12.6. The van der Waals surface area contributed by atoms with Crippen LogP contribution >= 0.6 is 0 Å². The van der Waals surface area contributed by atoms with E-state index in [1.807, 2.05) is 42.5 Å². The Kier molecular flexibility index (Phi) is 8.96. The van der Waals surface area contributed by atoms with Crippen molar-refractivity contribution in [3.63, 3.8) is 0 Å². The van der Waals surface area contributed by atoms with Crippen molar-refractivity contribution in [3.05, 3.63) is 125 Å². The molecule has 1 N–H and O–H groups in total. The van der Waals surface area contributed by atoms with Crippen LogP contribution in [0.1, 0.15) is 27.0 Å². The molecule has 4 rings (SSSR count). The number of ether oxygens (including phenoxy) is 2. The largest absolute Gasteiger partial charge is 0.493 e. The number of benzene rings is 4. The Morgan fingerprint density at radius 2 is 1.54 bits per heavy atom. The highest BCUT2D eigenvalue weighted by molar-refractivity contribution is 7.92. The number of hydrogen-bond donors (Lipinski definition) is 1. The van der Waals surface area contributed by atoms with E-state index in [2.05, 4.69) is 10.5 Å². The lowest BCUT2D eigenvalue weighted by Gasteiger charge is -2.22. The average Bonchev–Trinajstić information content (AvgIpc) is 2.95. The Morgan fingerprint density at radius 3 is 2.18 bits per heavy atom. The number of hydrogen-bond acceptors (Lipinski definition) is 6. The van der Waals surface area contributed by atoms with Crippen LogP contribution in [0, 0.1) is 0 Å². The summed E-state index contributed by atoms with van der Waals surface area (Å²) >= 11 is 0. The number of nitrogens with zero attached hydrogens (tertiary/aromatic N) is 2. The van der Waals surface area contributed by atoms with Gasteiger partial charge in [-0.25, -0.2) is 13.8 Å². The van der Waals surface area contributed by atoms with Gasteiger partial charge in [0, 0.05) is 5.56 Å². The van der Waals surface area contributed by atoms with Crippen LogP contribution in [0.25, 0.3) is 0 Å². The van der Waals surface area contributed by atoms with E-state index in [9.17, 15) is 13.2 Å². The summed E-state index contributed by atoms with van der Waals surface area (Å²) in [6, 6.07) is 30.8. The molecule has 0 unspecified atom stereocenters. The molecule has 0 heterocycles. The molecule has 0 spiro atoms. The van der Waals surface area contributed by atoms with Crippen molar-refractivity contribution in [2.24, 2.45) is 5.10 Å².